The number of piperidine rings is 1. The van der Waals surface area contributed by atoms with Crippen molar-refractivity contribution < 1.29 is 23.2 Å². The second-order valence-corrected chi connectivity index (χ2v) is 14.6. The summed E-state index contributed by atoms with van der Waals surface area (Å²) in [7, 11) is 2.11. The number of benzene rings is 2. The van der Waals surface area contributed by atoms with Gasteiger partial charge in [0.1, 0.15) is 22.9 Å². The van der Waals surface area contributed by atoms with Gasteiger partial charge in [0.15, 0.2) is 11.6 Å². The number of imide groups is 1. The van der Waals surface area contributed by atoms with E-state index in [0.717, 1.165) is 48.9 Å². The van der Waals surface area contributed by atoms with E-state index < -0.39 is 17.7 Å². The van der Waals surface area contributed by atoms with E-state index in [4.69, 9.17) is 0 Å². The third-order valence-electron chi connectivity index (χ3n) is 10.6. The lowest BCUT2D eigenvalue weighted by Crippen LogP contribution is -2.56. The number of aromatic nitrogens is 5. The minimum atomic E-state index is -0.672. The number of urea groups is 1. The van der Waals surface area contributed by atoms with Crippen molar-refractivity contribution in [1.82, 2.24) is 44.7 Å². The summed E-state index contributed by atoms with van der Waals surface area (Å²) in [6.45, 7) is 8.65. The fourth-order valence-corrected chi connectivity index (χ4v) is 7.87. The summed E-state index contributed by atoms with van der Waals surface area (Å²) in [5.74, 6) is -0.506. The molecule has 8 rings (SSSR count). The molecule has 6 heterocycles. The van der Waals surface area contributed by atoms with Gasteiger partial charge in [0, 0.05) is 49.3 Å². The number of pyridine rings is 1. The fourth-order valence-electron chi connectivity index (χ4n) is 7.87. The lowest BCUT2D eigenvalue weighted by molar-refractivity contribution is -0.123. The zero-order valence-electron chi connectivity index (χ0n) is 31.0. The number of carbonyl (C=O) groups excluding carboxylic acids is 3. The molecule has 5 aromatic rings. The van der Waals surface area contributed by atoms with E-state index in [1.807, 2.05) is 55.7 Å². The van der Waals surface area contributed by atoms with Crippen molar-refractivity contribution in [3.8, 4) is 11.3 Å². The molecule has 3 aliphatic heterocycles. The monoisotopic (exact) mass is 749 g/mol. The topological polar surface area (TPSA) is 145 Å². The van der Waals surface area contributed by atoms with Gasteiger partial charge in [-0.1, -0.05) is 12.1 Å². The van der Waals surface area contributed by atoms with Crippen molar-refractivity contribution in [2.75, 3.05) is 36.9 Å². The number of carbonyl (C=O) groups is 3. The molecule has 14 nitrogen and oxygen atoms in total. The Morgan fingerprint density at radius 1 is 0.945 bits per heavy atom. The van der Waals surface area contributed by atoms with Gasteiger partial charge in [0.05, 0.1) is 36.7 Å². The van der Waals surface area contributed by atoms with E-state index in [1.54, 1.807) is 12.3 Å². The number of fused-ring (bicyclic) bond motifs is 2. The second-order valence-electron chi connectivity index (χ2n) is 14.6. The number of anilines is 3. The predicted octanol–water partition coefficient (Wildman–Crippen LogP) is 5.71. The van der Waals surface area contributed by atoms with Gasteiger partial charge < -0.3 is 14.8 Å². The Labute approximate surface area is 316 Å². The zero-order chi connectivity index (χ0) is 38.5. The smallest absolute Gasteiger partial charge is 0.342 e. The normalized spacial score (nSPS) is 16.5. The molecule has 284 valence electrons. The highest BCUT2D eigenvalue weighted by atomic mass is 19.1. The zero-order valence-corrected chi connectivity index (χ0v) is 31.0. The molecule has 0 radical (unpaired) electrons. The van der Waals surface area contributed by atoms with Crippen LogP contribution in [0.5, 0.6) is 0 Å². The van der Waals surface area contributed by atoms with Crippen LogP contribution in [0.15, 0.2) is 54.9 Å². The van der Waals surface area contributed by atoms with Crippen molar-refractivity contribution in [1.29, 1.82) is 0 Å². The molecule has 0 aliphatic carbocycles. The summed E-state index contributed by atoms with van der Waals surface area (Å²) in [6.07, 6.45) is 4.91. The van der Waals surface area contributed by atoms with Crippen LogP contribution in [-0.4, -0.2) is 90.0 Å². The standard InChI is InChI=1S/C39H41F2N11O3/c1-22(2)52-23(3)44-36-30(40)16-25(17-32(36)52)35-31(41)19-43-38(47-35)45-33-8-6-28(18-42-33)49-12-9-27(10-13-49)48(4)20-24-5-7-29-26(15-24)21-51(37(29)54)50-14-11-34(53)46-39(50)55/h5-8,15-19,22,27H,9-14,20-21H2,1-4H3,(H,46,53,55)(H,42,43,45,47). The van der Waals surface area contributed by atoms with Crippen molar-refractivity contribution in [2.45, 2.75) is 65.2 Å². The van der Waals surface area contributed by atoms with E-state index >= 15 is 8.78 Å². The minimum absolute atomic E-state index is 0.0298. The Bertz CT molecular complexity index is 2320. The molecule has 16 heteroatoms. The first-order valence-corrected chi connectivity index (χ1v) is 18.4. The van der Waals surface area contributed by atoms with Crippen LogP contribution < -0.4 is 15.5 Å². The molecule has 2 aromatic carbocycles. The first kappa shape index (κ1) is 36.0. The van der Waals surface area contributed by atoms with Crippen molar-refractivity contribution in [2.24, 2.45) is 0 Å². The first-order chi connectivity index (χ1) is 26.4. The maximum Gasteiger partial charge on any atom is 0.342 e. The van der Waals surface area contributed by atoms with Crippen molar-refractivity contribution in [3.63, 3.8) is 0 Å². The van der Waals surface area contributed by atoms with E-state index in [0.29, 0.717) is 35.3 Å². The SMILES string of the molecule is Cc1nc2c(F)cc(-c3nc(Nc4ccc(N5CCC(N(C)Cc6ccc7c(c6)CN(N6CCC(=O)NC6=O)C7=O)CC5)cn4)ncc3F)cc2n1C(C)C. The highest BCUT2D eigenvalue weighted by Crippen LogP contribution is 2.32. The van der Waals surface area contributed by atoms with Crippen LogP contribution in [0.25, 0.3) is 22.3 Å². The molecular weight excluding hydrogens is 708 g/mol. The maximum atomic E-state index is 15.1. The third-order valence-corrected chi connectivity index (χ3v) is 10.6. The molecule has 55 heavy (non-hydrogen) atoms. The van der Waals surface area contributed by atoms with Crippen LogP contribution in [0.3, 0.4) is 0 Å². The van der Waals surface area contributed by atoms with Crippen LogP contribution in [0.1, 0.15) is 66.5 Å². The number of aryl methyl sites for hydroxylation is 1. The molecule has 0 atom stereocenters. The summed E-state index contributed by atoms with van der Waals surface area (Å²) in [6, 6.07) is 12.4. The number of hydrogen-bond donors (Lipinski definition) is 2. The average Bonchev–Trinajstić information content (AvgIpc) is 3.68. The Morgan fingerprint density at radius 2 is 1.75 bits per heavy atom. The van der Waals surface area contributed by atoms with E-state index in [9.17, 15) is 14.4 Å². The van der Waals surface area contributed by atoms with E-state index in [2.05, 4.69) is 47.4 Å². The molecule has 4 amide bonds. The summed E-state index contributed by atoms with van der Waals surface area (Å²) in [5, 5.41) is 8.06. The van der Waals surface area contributed by atoms with Crippen LogP contribution in [0.4, 0.5) is 31.0 Å². The van der Waals surface area contributed by atoms with E-state index in [1.165, 1.54) is 16.1 Å². The van der Waals surface area contributed by atoms with Crippen molar-refractivity contribution >= 4 is 46.3 Å². The molecule has 3 aliphatic rings. The Kier molecular flexibility index (Phi) is 9.37. The van der Waals surface area contributed by atoms with Crippen molar-refractivity contribution in [3.05, 3.63) is 89.0 Å². The number of hydrogen-bond acceptors (Lipinski definition) is 10. The van der Waals surface area contributed by atoms with Crippen LogP contribution in [0, 0.1) is 18.6 Å². The molecule has 0 unspecified atom stereocenters. The first-order valence-electron chi connectivity index (χ1n) is 18.4. The van der Waals surface area contributed by atoms with Gasteiger partial charge in [-0.2, -0.15) is 0 Å². The molecule has 0 spiro atoms. The number of nitrogens with one attached hydrogen (secondary N) is 2. The van der Waals surface area contributed by atoms with Gasteiger partial charge >= 0.3 is 6.03 Å². The van der Waals surface area contributed by atoms with Gasteiger partial charge in [0.2, 0.25) is 11.9 Å². The summed E-state index contributed by atoms with van der Waals surface area (Å²) >= 11 is 0. The lowest BCUT2D eigenvalue weighted by Gasteiger charge is -2.37. The molecule has 0 saturated carbocycles. The molecule has 3 aromatic heterocycles. The fraction of sp³-hybridized carbons (Fsp3) is 0.359. The lowest BCUT2D eigenvalue weighted by atomic mass is 10.0. The maximum absolute atomic E-state index is 15.1. The highest BCUT2D eigenvalue weighted by molar-refractivity contribution is 6.02. The molecule has 2 N–H and O–H groups in total. The van der Waals surface area contributed by atoms with E-state index in [-0.39, 0.29) is 60.1 Å². The summed E-state index contributed by atoms with van der Waals surface area (Å²) in [4.78, 5) is 59.0. The largest absolute Gasteiger partial charge is 0.370 e. The van der Waals surface area contributed by atoms with Crippen LogP contribution in [-0.2, 0) is 17.9 Å². The molecule has 2 saturated heterocycles. The number of amides is 4. The third kappa shape index (κ3) is 6.93. The molecular formula is C39H41F2N11O3. The second kappa shape index (κ2) is 14.3. The van der Waals surface area contributed by atoms with Gasteiger partial charge in [0.25, 0.3) is 5.91 Å². The number of imidazole rings is 1. The summed E-state index contributed by atoms with van der Waals surface area (Å²) < 4.78 is 32.1. The number of hydrazine groups is 1. The van der Waals surface area contributed by atoms with Crippen LogP contribution in [0.2, 0.25) is 0 Å². The average molecular weight is 750 g/mol. The number of nitrogens with zero attached hydrogens (tertiary/aromatic N) is 9. The predicted molar refractivity (Wildman–Crippen MR) is 201 cm³/mol. The van der Waals surface area contributed by atoms with Gasteiger partial charge in [-0.05, 0) is 82.1 Å². The van der Waals surface area contributed by atoms with Gasteiger partial charge in [-0.3, -0.25) is 19.8 Å². The van der Waals surface area contributed by atoms with Crippen LogP contribution >= 0.6 is 0 Å². The highest BCUT2D eigenvalue weighted by Gasteiger charge is 2.37. The van der Waals surface area contributed by atoms with Gasteiger partial charge in [-0.15, -0.1) is 0 Å². The number of halogens is 2. The Balaban J connectivity index is 0.872. The quantitative estimate of drug-likeness (QED) is 0.192. The summed E-state index contributed by atoms with van der Waals surface area (Å²) in [5.41, 5.74) is 4.57. The molecule has 0 bridgehead atoms. The minimum Gasteiger partial charge on any atom is -0.370 e. The Morgan fingerprint density at radius 3 is 2.47 bits per heavy atom. The van der Waals surface area contributed by atoms with Gasteiger partial charge in [-0.25, -0.2) is 43.5 Å². The Hall–Kier alpha value is -6.03. The molecule has 2 fully saturated rings. The number of rotatable bonds is 9.